The van der Waals surface area contributed by atoms with Crippen molar-refractivity contribution in [1.29, 1.82) is 0 Å². The highest BCUT2D eigenvalue weighted by atomic mass is 79.9. The van der Waals surface area contributed by atoms with Crippen LogP contribution in [0, 0.1) is 6.92 Å². The van der Waals surface area contributed by atoms with E-state index in [0.717, 1.165) is 20.3 Å². The molecule has 0 aliphatic rings. The summed E-state index contributed by atoms with van der Waals surface area (Å²) in [5.74, 6) is 0.348. The molecule has 146 valence electrons. The van der Waals surface area contributed by atoms with Crippen LogP contribution in [0.2, 0.25) is 0 Å². The van der Waals surface area contributed by atoms with Crippen molar-refractivity contribution < 1.29 is 0 Å². The van der Waals surface area contributed by atoms with Gasteiger partial charge < -0.3 is 5.32 Å². The number of H-pyrrole nitrogens is 1. The second-order valence-electron chi connectivity index (χ2n) is 7.67. The highest BCUT2D eigenvalue weighted by Gasteiger charge is 2.15. The number of nitrogens with zero attached hydrogens (tertiary/aromatic N) is 1. The quantitative estimate of drug-likeness (QED) is 0.499. The summed E-state index contributed by atoms with van der Waals surface area (Å²) in [5, 5.41) is 3.09. The largest absolute Gasteiger partial charge is 0.342 e. The van der Waals surface area contributed by atoms with Gasteiger partial charge in [0.25, 0.3) is 5.56 Å². The predicted octanol–water partition coefficient (Wildman–Crippen LogP) is 5.40. The van der Waals surface area contributed by atoms with Crippen molar-refractivity contribution in [3.8, 4) is 5.69 Å². The van der Waals surface area contributed by atoms with Crippen LogP contribution in [0.4, 0.5) is 11.5 Å². The first-order valence-corrected chi connectivity index (χ1v) is 10.3. The Morgan fingerprint density at radius 1 is 1.00 bits per heavy atom. The number of halogens is 2. The lowest BCUT2D eigenvalue weighted by molar-refractivity contribution is 0.590. The van der Waals surface area contributed by atoms with E-state index in [-0.39, 0.29) is 5.41 Å². The highest BCUT2D eigenvalue weighted by Crippen LogP contribution is 2.28. The molecular formula is C21H21Br2N3O2. The predicted molar refractivity (Wildman–Crippen MR) is 121 cm³/mol. The molecule has 2 N–H and O–H groups in total. The molecule has 5 nitrogen and oxygen atoms in total. The molecule has 0 fully saturated rings. The van der Waals surface area contributed by atoms with E-state index in [1.807, 2.05) is 37.3 Å². The molecule has 28 heavy (non-hydrogen) atoms. The average Bonchev–Trinajstić information content (AvgIpc) is 2.56. The van der Waals surface area contributed by atoms with Gasteiger partial charge in [-0.15, -0.1) is 0 Å². The van der Waals surface area contributed by atoms with Crippen LogP contribution >= 0.6 is 31.9 Å². The first kappa shape index (κ1) is 20.6. The Morgan fingerprint density at radius 2 is 1.64 bits per heavy atom. The maximum absolute atomic E-state index is 12.7. The number of hydrogen-bond acceptors (Lipinski definition) is 3. The summed E-state index contributed by atoms with van der Waals surface area (Å²) in [6.07, 6.45) is 0. The van der Waals surface area contributed by atoms with Crippen molar-refractivity contribution in [3.05, 3.63) is 83.4 Å². The number of anilines is 2. The van der Waals surface area contributed by atoms with Crippen LogP contribution in [-0.2, 0) is 5.41 Å². The molecule has 0 bridgehead atoms. The molecule has 0 unspecified atom stereocenters. The van der Waals surface area contributed by atoms with Gasteiger partial charge >= 0.3 is 5.69 Å². The number of benzene rings is 2. The second-order valence-corrected chi connectivity index (χ2v) is 9.44. The molecule has 0 saturated heterocycles. The minimum atomic E-state index is -0.507. The first-order valence-electron chi connectivity index (χ1n) is 8.76. The Labute approximate surface area is 180 Å². The number of aromatic nitrogens is 2. The Hall–Kier alpha value is -2.12. The highest BCUT2D eigenvalue weighted by molar-refractivity contribution is 9.11. The molecule has 0 aliphatic heterocycles. The molecule has 3 aromatic rings. The molecule has 1 heterocycles. The molecule has 1 aromatic heterocycles. The topological polar surface area (TPSA) is 66.9 Å². The lowest BCUT2D eigenvalue weighted by Crippen LogP contribution is -2.34. The van der Waals surface area contributed by atoms with Crippen LogP contribution in [0.1, 0.15) is 31.9 Å². The third kappa shape index (κ3) is 4.31. The number of rotatable bonds is 3. The number of hydrogen-bond donors (Lipinski definition) is 2. The zero-order valence-electron chi connectivity index (χ0n) is 16.1. The van der Waals surface area contributed by atoms with E-state index >= 15 is 0 Å². The zero-order chi connectivity index (χ0) is 20.6. The summed E-state index contributed by atoms with van der Waals surface area (Å²) >= 11 is 6.85. The molecule has 0 atom stereocenters. The molecule has 0 radical (unpaired) electrons. The van der Waals surface area contributed by atoms with Crippen molar-refractivity contribution in [2.75, 3.05) is 5.32 Å². The van der Waals surface area contributed by atoms with Gasteiger partial charge in [0.05, 0.1) is 5.69 Å². The van der Waals surface area contributed by atoms with Crippen LogP contribution in [0.15, 0.2) is 61.0 Å². The monoisotopic (exact) mass is 505 g/mol. The summed E-state index contributed by atoms with van der Waals surface area (Å²) in [6.45, 7) is 8.29. The smallest absolute Gasteiger partial charge is 0.334 e. The summed E-state index contributed by atoms with van der Waals surface area (Å²) in [7, 11) is 0. The Balaban J connectivity index is 1.98. The van der Waals surface area contributed by atoms with Gasteiger partial charge in [0.15, 0.2) is 0 Å². The van der Waals surface area contributed by atoms with Gasteiger partial charge in [-0.25, -0.2) is 9.36 Å². The van der Waals surface area contributed by atoms with E-state index in [1.165, 1.54) is 11.6 Å². The maximum atomic E-state index is 12.7. The minimum Gasteiger partial charge on any atom is -0.342 e. The fourth-order valence-electron chi connectivity index (χ4n) is 2.96. The van der Waals surface area contributed by atoms with E-state index in [9.17, 15) is 9.59 Å². The fraction of sp³-hybridized carbons (Fsp3) is 0.238. The minimum absolute atomic E-state index is 0.0588. The molecule has 2 aromatic carbocycles. The lowest BCUT2D eigenvalue weighted by Gasteiger charge is -2.19. The third-order valence-electron chi connectivity index (χ3n) is 4.41. The van der Waals surface area contributed by atoms with E-state index in [4.69, 9.17) is 0 Å². The van der Waals surface area contributed by atoms with Gasteiger partial charge in [0, 0.05) is 20.7 Å². The molecule has 0 saturated carbocycles. The normalized spacial score (nSPS) is 11.5. The fourth-order valence-corrected chi connectivity index (χ4v) is 4.58. The lowest BCUT2D eigenvalue weighted by atomic mass is 9.87. The van der Waals surface area contributed by atoms with Crippen LogP contribution in [0.5, 0.6) is 0 Å². The van der Waals surface area contributed by atoms with E-state index in [2.05, 4.69) is 62.9 Å². The molecular weight excluding hydrogens is 486 g/mol. The van der Waals surface area contributed by atoms with E-state index in [0.29, 0.717) is 16.0 Å². The van der Waals surface area contributed by atoms with E-state index < -0.39 is 11.2 Å². The second kappa shape index (κ2) is 7.72. The zero-order valence-corrected chi connectivity index (χ0v) is 19.2. The summed E-state index contributed by atoms with van der Waals surface area (Å²) in [4.78, 5) is 28.1. The molecule has 7 heteroatoms. The first-order chi connectivity index (χ1) is 13.1. The van der Waals surface area contributed by atoms with Crippen molar-refractivity contribution in [1.82, 2.24) is 9.55 Å². The standard InChI is InChI=1S/C21H21Br2N3O2/c1-12-9-14(22)10-16(23)19(12)26-18(27)11-17(25-20(26)28)24-15-7-5-13(6-8-15)21(2,3)4/h5-11,24H,1-4H3,(H,25,28). The van der Waals surface area contributed by atoms with Crippen LogP contribution in [0.3, 0.4) is 0 Å². The van der Waals surface area contributed by atoms with Crippen molar-refractivity contribution in [3.63, 3.8) is 0 Å². The van der Waals surface area contributed by atoms with Gasteiger partial charge in [-0.05, 0) is 63.7 Å². The van der Waals surface area contributed by atoms with Gasteiger partial charge in [-0.1, -0.05) is 48.8 Å². The molecule has 0 aliphatic carbocycles. The van der Waals surface area contributed by atoms with Crippen molar-refractivity contribution in [2.45, 2.75) is 33.1 Å². The Kier molecular flexibility index (Phi) is 5.68. The molecule has 0 spiro atoms. The van der Waals surface area contributed by atoms with Crippen molar-refractivity contribution >= 4 is 43.4 Å². The Bertz CT molecular complexity index is 1090. The summed E-state index contributed by atoms with van der Waals surface area (Å²) in [6, 6.07) is 13.0. The summed E-state index contributed by atoms with van der Waals surface area (Å²) in [5.41, 5.74) is 2.46. The van der Waals surface area contributed by atoms with Gasteiger partial charge in [0.2, 0.25) is 0 Å². The van der Waals surface area contributed by atoms with Crippen molar-refractivity contribution in [2.24, 2.45) is 0 Å². The van der Waals surface area contributed by atoms with Gasteiger partial charge in [-0.3, -0.25) is 9.78 Å². The molecule has 3 rings (SSSR count). The van der Waals surface area contributed by atoms with Gasteiger partial charge in [0.1, 0.15) is 5.82 Å². The van der Waals surface area contributed by atoms with Crippen LogP contribution in [-0.4, -0.2) is 9.55 Å². The average molecular weight is 507 g/mol. The van der Waals surface area contributed by atoms with Crippen LogP contribution in [0.25, 0.3) is 5.69 Å². The van der Waals surface area contributed by atoms with Crippen LogP contribution < -0.4 is 16.6 Å². The number of nitrogens with one attached hydrogen (secondary N) is 2. The SMILES string of the molecule is Cc1cc(Br)cc(Br)c1-n1c(=O)cc(Nc2ccc(C(C)(C)C)cc2)[nH]c1=O. The molecule has 0 amide bonds. The number of aryl methyl sites for hydroxylation is 1. The number of aromatic amines is 1. The van der Waals surface area contributed by atoms with E-state index in [1.54, 1.807) is 6.07 Å². The summed E-state index contributed by atoms with van der Waals surface area (Å²) < 4.78 is 2.65. The van der Waals surface area contributed by atoms with Gasteiger partial charge in [-0.2, -0.15) is 0 Å². The third-order valence-corrected chi connectivity index (χ3v) is 5.47. The maximum Gasteiger partial charge on any atom is 0.334 e. The Morgan fingerprint density at radius 3 is 2.18 bits per heavy atom.